The van der Waals surface area contributed by atoms with E-state index < -0.39 is 17.3 Å². The maximum absolute atomic E-state index is 13.4. The number of carbonyl (C=O) groups excluding carboxylic acids is 1. The van der Waals surface area contributed by atoms with Gasteiger partial charge in [0.25, 0.3) is 11.5 Å². The Morgan fingerprint density at radius 2 is 2.25 bits per heavy atom. The molecular formula is C19H23FN6O2. The molecule has 0 radical (unpaired) electrons. The zero-order valence-electron chi connectivity index (χ0n) is 15.7. The molecule has 148 valence electrons. The maximum Gasteiger partial charge on any atom is 0.277 e. The van der Waals surface area contributed by atoms with E-state index in [-0.39, 0.29) is 11.2 Å². The Kier molecular flexibility index (Phi) is 5.08. The second kappa shape index (κ2) is 7.67. The molecule has 1 fully saturated rings. The van der Waals surface area contributed by atoms with Crippen molar-refractivity contribution in [1.82, 2.24) is 30.0 Å². The predicted molar refractivity (Wildman–Crippen MR) is 103 cm³/mol. The smallest absolute Gasteiger partial charge is 0.277 e. The molecule has 4 rings (SSSR count). The molecule has 8 nitrogen and oxygen atoms in total. The van der Waals surface area contributed by atoms with E-state index >= 15 is 0 Å². The van der Waals surface area contributed by atoms with Gasteiger partial charge < -0.3 is 15.2 Å². The Bertz CT molecular complexity index is 1080. The summed E-state index contributed by atoms with van der Waals surface area (Å²) >= 11 is 0. The Balaban J connectivity index is 1.47. The second-order valence-electron chi connectivity index (χ2n) is 7.30. The van der Waals surface area contributed by atoms with Crippen molar-refractivity contribution in [3.63, 3.8) is 0 Å². The molecule has 0 unspecified atom stereocenters. The van der Waals surface area contributed by atoms with Gasteiger partial charge in [-0.05, 0) is 50.9 Å². The number of fused-ring (bicyclic) bond motifs is 3. The van der Waals surface area contributed by atoms with Crippen LogP contribution in [0.1, 0.15) is 43.1 Å². The van der Waals surface area contributed by atoms with Gasteiger partial charge in [-0.2, -0.15) is 0 Å². The van der Waals surface area contributed by atoms with Crippen LogP contribution in [0.25, 0.3) is 16.6 Å². The minimum absolute atomic E-state index is 0.0289. The molecule has 3 aromatic rings. The van der Waals surface area contributed by atoms with E-state index in [1.54, 1.807) is 0 Å². The summed E-state index contributed by atoms with van der Waals surface area (Å²) in [5, 5.41) is 10.6. The summed E-state index contributed by atoms with van der Waals surface area (Å²) in [6.07, 6.45) is 4.56. The van der Waals surface area contributed by atoms with Crippen LogP contribution in [-0.4, -0.2) is 56.3 Å². The third-order valence-electron chi connectivity index (χ3n) is 5.38. The molecule has 0 bridgehead atoms. The number of carbonyl (C=O) groups is 1. The van der Waals surface area contributed by atoms with E-state index in [0.29, 0.717) is 23.6 Å². The highest BCUT2D eigenvalue weighted by Gasteiger charge is 2.20. The van der Waals surface area contributed by atoms with Gasteiger partial charge in [0.15, 0.2) is 11.2 Å². The number of aromatic nitrogens is 4. The number of rotatable bonds is 5. The van der Waals surface area contributed by atoms with Crippen LogP contribution >= 0.6 is 0 Å². The molecule has 1 aromatic carbocycles. The first-order valence-corrected chi connectivity index (χ1v) is 9.64. The highest BCUT2D eigenvalue weighted by molar-refractivity contribution is 5.99. The molecule has 0 spiro atoms. The van der Waals surface area contributed by atoms with Crippen LogP contribution in [0.15, 0.2) is 23.0 Å². The summed E-state index contributed by atoms with van der Waals surface area (Å²) in [5.41, 5.74) is 0.266. The largest absolute Gasteiger partial charge is 0.351 e. The fraction of sp³-hybridized carbons (Fsp3) is 0.474. The number of piperidine rings is 1. The molecule has 1 saturated heterocycles. The topological polar surface area (TPSA) is 95.4 Å². The minimum Gasteiger partial charge on any atom is -0.351 e. The lowest BCUT2D eigenvalue weighted by Gasteiger charge is -2.33. The molecule has 0 saturated carbocycles. The molecule has 3 heterocycles. The number of benzene rings is 1. The molecular weight excluding hydrogens is 363 g/mol. The number of nitrogens with zero attached hydrogens (tertiary/aromatic N) is 4. The highest BCUT2D eigenvalue weighted by atomic mass is 19.1. The molecule has 1 aliphatic rings. The molecule has 0 aliphatic carbocycles. The van der Waals surface area contributed by atoms with Gasteiger partial charge in [-0.1, -0.05) is 11.6 Å². The van der Waals surface area contributed by atoms with Crippen LogP contribution in [-0.2, 0) is 0 Å². The molecule has 1 amide bonds. The SMILES string of the molecule is C[C@H]1CCCCN1CCCNC(=O)c1nnn2c1c(=O)[nH]c1cc(F)ccc12. The lowest BCUT2D eigenvalue weighted by Crippen LogP contribution is -2.39. The number of likely N-dealkylation sites (tertiary alicyclic amines) is 1. The van der Waals surface area contributed by atoms with Crippen molar-refractivity contribution in [3.8, 4) is 0 Å². The molecule has 2 aromatic heterocycles. The van der Waals surface area contributed by atoms with Gasteiger partial charge in [0.2, 0.25) is 0 Å². The van der Waals surface area contributed by atoms with Crippen molar-refractivity contribution >= 4 is 22.5 Å². The number of hydrogen-bond acceptors (Lipinski definition) is 5. The predicted octanol–water partition coefficient (Wildman–Crippen LogP) is 1.70. The standard InChI is InChI=1S/C19H23FN6O2/c1-12-5-2-3-9-25(12)10-4-8-21-18(27)16-17-19(28)22-14-11-13(20)6-7-15(14)26(17)24-23-16/h6-7,11-12H,2-5,8-10H2,1H3,(H,21,27)(H,22,28)/t12-/m0/s1. The van der Waals surface area contributed by atoms with Gasteiger partial charge in [-0.25, -0.2) is 8.91 Å². The van der Waals surface area contributed by atoms with Gasteiger partial charge in [0.1, 0.15) is 5.82 Å². The first kappa shape index (κ1) is 18.5. The van der Waals surface area contributed by atoms with Crippen molar-refractivity contribution in [1.29, 1.82) is 0 Å². The number of aromatic amines is 1. The maximum atomic E-state index is 13.4. The van der Waals surface area contributed by atoms with Crippen molar-refractivity contribution in [3.05, 3.63) is 40.1 Å². The number of H-pyrrole nitrogens is 1. The third-order valence-corrected chi connectivity index (χ3v) is 5.38. The Hall–Kier alpha value is -2.81. The first-order valence-electron chi connectivity index (χ1n) is 9.64. The van der Waals surface area contributed by atoms with Gasteiger partial charge in [-0.15, -0.1) is 5.10 Å². The summed E-state index contributed by atoms with van der Waals surface area (Å²) in [4.78, 5) is 30.0. The monoisotopic (exact) mass is 386 g/mol. The van der Waals surface area contributed by atoms with Crippen LogP contribution in [0.2, 0.25) is 0 Å². The number of nitrogens with one attached hydrogen (secondary N) is 2. The zero-order valence-corrected chi connectivity index (χ0v) is 15.7. The normalized spacial score (nSPS) is 18.0. The fourth-order valence-electron chi connectivity index (χ4n) is 3.84. The van der Waals surface area contributed by atoms with Crippen molar-refractivity contribution in [2.75, 3.05) is 19.6 Å². The van der Waals surface area contributed by atoms with Crippen LogP contribution < -0.4 is 10.9 Å². The summed E-state index contributed by atoms with van der Waals surface area (Å²) in [5.74, 6) is -0.905. The Labute approximate surface area is 160 Å². The third kappa shape index (κ3) is 3.49. The summed E-state index contributed by atoms with van der Waals surface area (Å²) < 4.78 is 14.7. The molecule has 28 heavy (non-hydrogen) atoms. The number of hydrogen-bond donors (Lipinski definition) is 2. The van der Waals surface area contributed by atoms with Gasteiger partial charge in [0.05, 0.1) is 11.0 Å². The minimum atomic E-state index is -0.532. The molecule has 2 N–H and O–H groups in total. The quantitative estimate of drug-likeness (QED) is 0.651. The number of amides is 1. The van der Waals surface area contributed by atoms with Gasteiger partial charge in [-0.3, -0.25) is 9.59 Å². The summed E-state index contributed by atoms with van der Waals surface area (Å²) in [6.45, 7) is 4.77. The van der Waals surface area contributed by atoms with E-state index in [1.807, 2.05) is 0 Å². The summed E-state index contributed by atoms with van der Waals surface area (Å²) in [6, 6.07) is 4.55. The lowest BCUT2D eigenvalue weighted by molar-refractivity contribution is 0.0945. The average Bonchev–Trinajstić information content (AvgIpc) is 3.12. The van der Waals surface area contributed by atoms with Crippen LogP contribution in [0, 0.1) is 5.82 Å². The van der Waals surface area contributed by atoms with E-state index in [4.69, 9.17) is 0 Å². The van der Waals surface area contributed by atoms with E-state index in [2.05, 4.69) is 32.4 Å². The van der Waals surface area contributed by atoms with E-state index in [9.17, 15) is 14.0 Å². The van der Waals surface area contributed by atoms with Crippen molar-refractivity contribution < 1.29 is 9.18 Å². The zero-order chi connectivity index (χ0) is 19.7. The summed E-state index contributed by atoms with van der Waals surface area (Å²) in [7, 11) is 0. The van der Waals surface area contributed by atoms with E-state index in [1.165, 1.54) is 42.0 Å². The van der Waals surface area contributed by atoms with Crippen LogP contribution in [0.3, 0.4) is 0 Å². The number of halogens is 1. The average molecular weight is 386 g/mol. The van der Waals surface area contributed by atoms with Gasteiger partial charge >= 0.3 is 0 Å². The van der Waals surface area contributed by atoms with Crippen molar-refractivity contribution in [2.24, 2.45) is 0 Å². The van der Waals surface area contributed by atoms with Crippen LogP contribution in [0.5, 0.6) is 0 Å². The van der Waals surface area contributed by atoms with Crippen molar-refractivity contribution in [2.45, 2.75) is 38.6 Å². The molecule has 1 atom stereocenters. The second-order valence-corrected chi connectivity index (χ2v) is 7.30. The van der Waals surface area contributed by atoms with Crippen LogP contribution in [0.4, 0.5) is 4.39 Å². The highest BCUT2D eigenvalue weighted by Crippen LogP contribution is 2.16. The lowest BCUT2D eigenvalue weighted by atomic mass is 10.0. The molecule has 9 heteroatoms. The Morgan fingerprint density at radius 3 is 3.07 bits per heavy atom. The fourth-order valence-corrected chi connectivity index (χ4v) is 3.84. The van der Waals surface area contributed by atoms with Gasteiger partial charge in [0, 0.05) is 19.1 Å². The Morgan fingerprint density at radius 1 is 1.39 bits per heavy atom. The molecule has 1 aliphatic heterocycles. The first-order chi connectivity index (χ1) is 13.5. The van der Waals surface area contributed by atoms with E-state index in [0.717, 1.165) is 19.5 Å².